The second-order valence-corrected chi connectivity index (χ2v) is 3.33. The van der Waals surface area contributed by atoms with E-state index in [0.717, 1.165) is 6.07 Å². The molecule has 0 spiro atoms. The van der Waals surface area contributed by atoms with Crippen molar-refractivity contribution in [2.24, 2.45) is 0 Å². The number of nitrogens with one attached hydrogen (secondary N) is 1. The number of hydrogen-bond acceptors (Lipinski definition) is 4. The van der Waals surface area contributed by atoms with Gasteiger partial charge < -0.3 is 9.84 Å². The van der Waals surface area contributed by atoms with Crippen LogP contribution in [0.4, 0.5) is 13.2 Å². The average molecular weight is 261 g/mol. The number of rotatable bonds is 3. The number of hydrogen-bond donors (Lipinski definition) is 2. The molecule has 0 atom stereocenters. The molecule has 0 unspecified atom stereocenters. The lowest BCUT2D eigenvalue weighted by Crippen LogP contribution is -2.19. The number of ether oxygens (including phenoxy) is 1. The molecule has 18 heavy (non-hydrogen) atoms. The smallest absolute Gasteiger partial charge is 0.422 e. The highest BCUT2D eigenvalue weighted by Gasteiger charge is 2.28. The third kappa shape index (κ3) is 2.50. The fraction of sp³-hybridized carbons (Fsp3) is 0.222. The van der Waals surface area contributed by atoms with Crippen molar-refractivity contribution >= 4 is 17.0 Å². The maximum atomic E-state index is 11.9. The summed E-state index contributed by atoms with van der Waals surface area (Å²) in [6.07, 6.45) is -4.46. The van der Waals surface area contributed by atoms with Crippen molar-refractivity contribution in [3.05, 3.63) is 17.8 Å². The van der Waals surface area contributed by atoms with Gasteiger partial charge in [0.1, 0.15) is 0 Å². The van der Waals surface area contributed by atoms with Crippen LogP contribution >= 0.6 is 0 Å². The van der Waals surface area contributed by atoms with Gasteiger partial charge in [0.25, 0.3) is 0 Å². The summed E-state index contributed by atoms with van der Waals surface area (Å²) < 4.78 is 40.1. The Morgan fingerprint density at radius 2 is 2.17 bits per heavy atom. The van der Waals surface area contributed by atoms with Crippen LogP contribution in [-0.4, -0.2) is 39.0 Å². The Morgan fingerprint density at radius 1 is 1.44 bits per heavy atom. The van der Waals surface area contributed by atoms with Crippen LogP contribution in [-0.2, 0) is 0 Å². The monoisotopic (exact) mass is 261 g/mol. The number of pyridine rings is 1. The predicted octanol–water partition coefficient (Wildman–Crippen LogP) is 1.60. The Kier molecular flexibility index (Phi) is 2.81. The number of fused-ring (bicyclic) bond motifs is 1. The third-order valence-electron chi connectivity index (χ3n) is 1.99. The number of aromatic amines is 1. The van der Waals surface area contributed by atoms with Gasteiger partial charge in [-0.25, -0.2) is 4.79 Å². The summed E-state index contributed by atoms with van der Waals surface area (Å²) in [5.41, 5.74) is -0.202. The highest BCUT2D eigenvalue weighted by molar-refractivity contribution is 5.99. The summed E-state index contributed by atoms with van der Waals surface area (Å²) >= 11 is 0. The number of aromatic nitrogens is 3. The number of carbonyl (C=O) groups is 1. The molecular formula is C9H6F3N3O3. The SMILES string of the molecule is O=C(O)c1[nH]nc2nc(OCC(F)(F)F)ccc12. The fourth-order valence-corrected chi connectivity index (χ4v) is 1.28. The minimum atomic E-state index is -4.46. The van der Waals surface area contributed by atoms with E-state index >= 15 is 0 Å². The van der Waals surface area contributed by atoms with E-state index in [1.807, 2.05) is 0 Å². The first kappa shape index (κ1) is 12.1. The molecule has 6 nitrogen and oxygen atoms in total. The lowest BCUT2D eigenvalue weighted by Gasteiger charge is -2.07. The van der Waals surface area contributed by atoms with Crippen molar-refractivity contribution in [3.63, 3.8) is 0 Å². The first-order valence-electron chi connectivity index (χ1n) is 4.65. The Labute approximate surface area is 97.4 Å². The van der Waals surface area contributed by atoms with Gasteiger partial charge in [-0.05, 0) is 6.07 Å². The van der Waals surface area contributed by atoms with Crippen LogP contribution in [0.5, 0.6) is 5.88 Å². The van der Waals surface area contributed by atoms with Gasteiger partial charge in [-0.3, -0.25) is 5.10 Å². The van der Waals surface area contributed by atoms with Gasteiger partial charge >= 0.3 is 12.1 Å². The second-order valence-electron chi connectivity index (χ2n) is 3.33. The zero-order valence-electron chi connectivity index (χ0n) is 8.65. The summed E-state index contributed by atoms with van der Waals surface area (Å²) in [6.45, 7) is -1.47. The number of carboxylic acid groups (broad SMARTS) is 1. The van der Waals surface area contributed by atoms with Crippen molar-refractivity contribution in [2.75, 3.05) is 6.61 Å². The van der Waals surface area contributed by atoms with Crippen molar-refractivity contribution in [3.8, 4) is 5.88 Å². The number of alkyl halides is 3. The molecule has 0 aromatic carbocycles. The van der Waals surface area contributed by atoms with Crippen molar-refractivity contribution in [1.82, 2.24) is 15.2 Å². The van der Waals surface area contributed by atoms with E-state index in [1.165, 1.54) is 6.07 Å². The molecular weight excluding hydrogens is 255 g/mol. The summed E-state index contributed by atoms with van der Waals surface area (Å²) in [5.74, 6) is -1.51. The van der Waals surface area contributed by atoms with Crippen LogP contribution in [0.3, 0.4) is 0 Å². The van der Waals surface area contributed by atoms with E-state index in [1.54, 1.807) is 0 Å². The van der Waals surface area contributed by atoms with Crippen LogP contribution in [0.15, 0.2) is 12.1 Å². The van der Waals surface area contributed by atoms with Crippen molar-refractivity contribution in [2.45, 2.75) is 6.18 Å². The van der Waals surface area contributed by atoms with Gasteiger partial charge in [-0.1, -0.05) is 0 Å². The summed E-state index contributed by atoms with van der Waals surface area (Å²) in [4.78, 5) is 14.4. The molecule has 0 radical (unpaired) electrons. The standard InChI is InChI=1S/C9H6F3N3O3/c10-9(11,12)3-18-5-2-1-4-6(8(16)17)14-15-7(4)13-5/h1-2H,3H2,(H,16,17)(H,13,14,15). The van der Waals surface area contributed by atoms with Crippen molar-refractivity contribution in [1.29, 1.82) is 0 Å². The lowest BCUT2D eigenvalue weighted by atomic mass is 10.2. The molecule has 2 N–H and O–H groups in total. The van der Waals surface area contributed by atoms with Gasteiger partial charge in [0.05, 0.1) is 5.39 Å². The van der Waals surface area contributed by atoms with Gasteiger partial charge in [-0.15, -0.1) is 0 Å². The molecule has 0 bridgehead atoms. The van der Waals surface area contributed by atoms with E-state index in [9.17, 15) is 18.0 Å². The van der Waals surface area contributed by atoms with Gasteiger partial charge in [0, 0.05) is 6.07 Å². The molecule has 2 aromatic rings. The topological polar surface area (TPSA) is 88.1 Å². The lowest BCUT2D eigenvalue weighted by molar-refractivity contribution is -0.154. The molecule has 0 aliphatic carbocycles. The molecule has 0 saturated heterocycles. The predicted molar refractivity (Wildman–Crippen MR) is 52.4 cm³/mol. The highest BCUT2D eigenvalue weighted by atomic mass is 19.4. The number of carboxylic acids is 1. The van der Waals surface area contributed by atoms with Crippen LogP contribution < -0.4 is 4.74 Å². The molecule has 0 amide bonds. The van der Waals surface area contributed by atoms with E-state index in [4.69, 9.17) is 5.11 Å². The van der Waals surface area contributed by atoms with Crippen LogP contribution in [0.1, 0.15) is 10.5 Å². The molecule has 2 rings (SSSR count). The minimum absolute atomic E-state index is 0.0212. The molecule has 0 aliphatic rings. The molecule has 96 valence electrons. The Bertz CT molecular complexity index is 593. The van der Waals surface area contributed by atoms with E-state index in [2.05, 4.69) is 19.9 Å². The summed E-state index contributed by atoms with van der Waals surface area (Å²) in [5, 5.41) is 14.8. The maximum absolute atomic E-state index is 11.9. The van der Waals surface area contributed by atoms with E-state index in [-0.39, 0.29) is 22.6 Å². The zero-order valence-corrected chi connectivity index (χ0v) is 8.65. The zero-order chi connectivity index (χ0) is 13.3. The molecule has 2 heterocycles. The Balaban J connectivity index is 2.26. The molecule has 0 fully saturated rings. The quantitative estimate of drug-likeness (QED) is 0.876. The van der Waals surface area contributed by atoms with Gasteiger partial charge in [0.15, 0.2) is 17.9 Å². The normalized spacial score (nSPS) is 11.7. The number of H-pyrrole nitrogens is 1. The molecule has 9 heteroatoms. The number of halogens is 3. The van der Waals surface area contributed by atoms with E-state index < -0.39 is 18.8 Å². The largest absolute Gasteiger partial charge is 0.477 e. The third-order valence-corrected chi connectivity index (χ3v) is 1.99. The molecule has 0 saturated carbocycles. The maximum Gasteiger partial charge on any atom is 0.422 e. The van der Waals surface area contributed by atoms with Crippen LogP contribution in [0.2, 0.25) is 0 Å². The Morgan fingerprint density at radius 3 is 2.78 bits per heavy atom. The first-order valence-corrected chi connectivity index (χ1v) is 4.65. The van der Waals surface area contributed by atoms with E-state index in [0.29, 0.717) is 0 Å². The number of nitrogens with zero attached hydrogens (tertiary/aromatic N) is 2. The highest BCUT2D eigenvalue weighted by Crippen LogP contribution is 2.20. The van der Waals surface area contributed by atoms with Gasteiger partial charge in [0.2, 0.25) is 5.88 Å². The first-order chi connectivity index (χ1) is 8.37. The number of aromatic carboxylic acids is 1. The fourth-order valence-electron chi connectivity index (χ4n) is 1.28. The van der Waals surface area contributed by atoms with Crippen LogP contribution in [0.25, 0.3) is 11.0 Å². The summed E-state index contributed by atoms with van der Waals surface area (Å²) in [6, 6.07) is 2.43. The minimum Gasteiger partial charge on any atom is -0.477 e. The van der Waals surface area contributed by atoms with Crippen LogP contribution in [0, 0.1) is 0 Å². The summed E-state index contributed by atoms with van der Waals surface area (Å²) in [7, 11) is 0. The second kappa shape index (κ2) is 4.17. The molecule has 0 aliphatic heterocycles. The van der Waals surface area contributed by atoms with Crippen molar-refractivity contribution < 1.29 is 27.8 Å². The Hall–Kier alpha value is -2.32. The average Bonchev–Trinajstić information content (AvgIpc) is 2.68. The molecule has 2 aromatic heterocycles. The van der Waals surface area contributed by atoms with Gasteiger partial charge in [-0.2, -0.15) is 23.3 Å².